The summed E-state index contributed by atoms with van der Waals surface area (Å²) in [4.78, 5) is 5.43. The van der Waals surface area contributed by atoms with E-state index in [4.69, 9.17) is 9.40 Å². The molecule has 15 aromatic rings. The highest BCUT2D eigenvalue weighted by atomic mass is 16.4. The van der Waals surface area contributed by atoms with E-state index < -0.39 is 0 Å². The Morgan fingerprint density at radius 3 is 1.17 bits per heavy atom. The largest absolute Gasteiger partial charge is 0.423 e. The Bertz CT molecular complexity index is 4530. The molecule has 0 saturated carbocycles. The summed E-state index contributed by atoms with van der Waals surface area (Å²) in [6, 6.07) is 85.0. The van der Waals surface area contributed by atoms with Gasteiger partial charge in [0.05, 0.1) is 44.3 Å². The second-order valence-electron chi connectivity index (χ2n) is 18.0. The van der Waals surface area contributed by atoms with Crippen LogP contribution in [0.15, 0.2) is 241 Å². The summed E-state index contributed by atoms with van der Waals surface area (Å²) in [5.41, 5.74) is 18.2. The first-order valence-corrected chi connectivity index (χ1v) is 23.5. The maximum Gasteiger partial charge on any atom is 0.307 e. The van der Waals surface area contributed by atoms with Gasteiger partial charge in [-0.05, 0) is 114 Å². The van der Waals surface area contributed by atoms with E-state index in [9.17, 15) is 0 Å². The Kier molecular flexibility index (Phi) is 7.97. The number of hydrogen-bond donors (Lipinski definition) is 0. The summed E-state index contributed by atoms with van der Waals surface area (Å²) < 4.78 is 16.1. The van der Waals surface area contributed by atoms with Crippen molar-refractivity contribution in [3.63, 3.8) is 0 Å². The summed E-state index contributed by atoms with van der Waals surface area (Å²) in [6.45, 7) is 0. The quantitative estimate of drug-likeness (QED) is 0.167. The molecule has 10 aromatic carbocycles. The van der Waals surface area contributed by atoms with Gasteiger partial charge in [0.15, 0.2) is 5.58 Å². The van der Waals surface area contributed by atoms with Crippen LogP contribution in [0.25, 0.3) is 133 Å². The van der Waals surface area contributed by atoms with Gasteiger partial charge in [-0.15, -0.1) is 0 Å². The van der Waals surface area contributed by atoms with Crippen LogP contribution < -0.4 is 0 Å². The van der Waals surface area contributed by atoms with Crippen LogP contribution in [0.2, 0.25) is 0 Å². The number of hydrogen-bond acceptors (Lipinski definition) is 2. The van der Waals surface area contributed by atoms with Gasteiger partial charge in [-0.1, -0.05) is 133 Å². The smallest absolute Gasteiger partial charge is 0.307 e. The van der Waals surface area contributed by atoms with Gasteiger partial charge in [-0.2, -0.15) is 4.98 Å². The van der Waals surface area contributed by atoms with Gasteiger partial charge in [-0.3, -0.25) is 4.40 Å². The first-order chi connectivity index (χ1) is 34.2. The van der Waals surface area contributed by atoms with E-state index in [1.54, 1.807) is 0 Å². The van der Waals surface area contributed by atoms with Crippen LogP contribution in [-0.2, 0) is 0 Å². The molecule has 0 aliphatic carbocycles. The fourth-order valence-corrected chi connectivity index (χ4v) is 11.2. The molecule has 6 heteroatoms. The highest BCUT2D eigenvalue weighted by Gasteiger charge is 2.25. The topological polar surface area (TPSA) is 45.2 Å². The SMILES string of the molecule is c1ccc(-n2c3ccccc3c3cc(-c4ccc5oc6nc(-c7ccc8c(c7)c7ccccc7n8-c7ccccc7)c(-c7ccc8c(c7)c7ccccc7n8-c7ccccc7)n6c5c4)ccc32)cc1. The second kappa shape index (κ2) is 14.6. The lowest BCUT2D eigenvalue weighted by Crippen LogP contribution is -1.94. The molecule has 322 valence electrons. The average Bonchev–Trinajstić information content (AvgIpc) is 4.22. The molecule has 0 amide bonds. The highest BCUT2D eigenvalue weighted by molar-refractivity contribution is 6.13. The molecule has 0 saturated heterocycles. The van der Waals surface area contributed by atoms with Crippen molar-refractivity contribution in [3.05, 3.63) is 237 Å². The van der Waals surface area contributed by atoms with E-state index in [0.29, 0.717) is 5.84 Å². The number of nitrogens with zero attached hydrogens (tertiary/aromatic N) is 5. The summed E-state index contributed by atoms with van der Waals surface area (Å²) >= 11 is 0. The predicted molar refractivity (Wildman–Crippen MR) is 284 cm³/mol. The Balaban J connectivity index is 0.977. The zero-order chi connectivity index (χ0) is 45.2. The monoisotopic (exact) mass is 881 g/mol. The minimum atomic E-state index is 0.548. The Labute approximate surface area is 395 Å². The number of benzene rings is 10. The first kappa shape index (κ1) is 37.8. The third-order valence-corrected chi connectivity index (χ3v) is 14.2. The van der Waals surface area contributed by atoms with Gasteiger partial charge in [0.25, 0.3) is 0 Å². The van der Waals surface area contributed by atoms with E-state index in [1.165, 1.54) is 43.4 Å². The standard InChI is InChI=1S/C63H39N5O/c1-4-16-44(17-5-1)65-53-25-13-10-22-47(53)50-36-40(28-32-56(50)65)41-31-35-60-59(39-41)68-62(43-30-34-58-52(38-43)49-24-12-15-27-55(49)67(58)46-20-8-3-9-21-46)61(64-63(68)69-60)42-29-33-57-51(37-42)48-23-11-14-26-54(48)66(57)45-18-6-2-7-19-45/h1-39H. The molecule has 0 atom stereocenters. The number of para-hydroxylation sites is 6. The second-order valence-corrected chi connectivity index (χ2v) is 18.0. The molecule has 6 nitrogen and oxygen atoms in total. The molecule has 0 N–H and O–H groups in total. The molecule has 15 rings (SSSR count). The number of rotatable bonds is 6. The average molecular weight is 882 g/mol. The van der Waals surface area contributed by atoms with Crippen molar-refractivity contribution >= 4 is 82.4 Å². The molecule has 0 radical (unpaired) electrons. The van der Waals surface area contributed by atoms with Crippen LogP contribution in [0.3, 0.4) is 0 Å². The van der Waals surface area contributed by atoms with Crippen molar-refractivity contribution in [1.82, 2.24) is 23.1 Å². The van der Waals surface area contributed by atoms with Crippen molar-refractivity contribution in [2.45, 2.75) is 0 Å². The highest BCUT2D eigenvalue weighted by Crippen LogP contribution is 2.43. The van der Waals surface area contributed by atoms with Crippen LogP contribution in [0, 0.1) is 0 Å². The Morgan fingerprint density at radius 2 is 0.667 bits per heavy atom. The van der Waals surface area contributed by atoms with E-state index in [2.05, 4.69) is 255 Å². The Morgan fingerprint density at radius 1 is 0.290 bits per heavy atom. The summed E-state index contributed by atoms with van der Waals surface area (Å²) in [5, 5.41) is 7.16. The van der Waals surface area contributed by atoms with E-state index in [1.807, 2.05) is 0 Å². The number of imidazole rings is 1. The normalized spacial score (nSPS) is 12.1. The van der Waals surface area contributed by atoms with Crippen LogP contribution in [0.1, 0.15) is 0 Å². The lowest BCUT2D eigenvalue weighted by Gasteiger charge is -2.10. The van der Waals surface area contributed by atoms with Gasteiger partial charge in [-0.25, -0.2) is 0 Å². The summed E-state index contributed by atoms with van der Waals surface area (Å²) in [6.07, 6.45) is 0. The van der Waals surface area contributed by atoms with Crippen molar-refractivity contribution in [3.8, 4) is 50.7 Å². The molecule has 0 spiro atoms. The number of oxazole rings is 1. The van der Waals surface area contributed by atoms with Gasteiger partial charge in [0.2, 0.25) is 0 Å². The molecule has 0 unspecified atom stereocenters. The number of aromatic nitrogens is 5. The maximum atomic E-state index is 6.77. The van der Waals surface area contributed by atoms with E-state index in [0.717, 1.165) is 83.9 Å². The van der Waals surface area contributed by atoms with E-state index >= 15 is 0 Å². The zero-order valence-corrected chi connectivity index (χ0v) is 37.2. The molecular weight excluding hydrogens is 843 g/mol. The lowest BCUT2D eigenvalue weighted by atomic mass is 10.0. The molecule has 5 heterocycles. The molecule has 69 heavy (non-hydrogen) atoms. The first-order valence-electron chi connectivity index (χ1n) is 23.5. The predicted octanol–water partition coefficient (Wildman–Crippen LogP) is 16.4. The molecule has 0 aliphatic heterocycles. The van der Waals surface area contributed by atoms with Crippen molar-refractivity contribution in [1.29, 1.82) is 0 Å². The molecule has 0 bridgehead atoms. The van der Waals surface area contributed by atoms with Gasteiger partial charge in [0.1, 0.15) is 5.69 Å². The van der Waals surface area contributed by atoms with Crippen LogP contribution in [0.5, 0.6) is 0 Å². The molecular formula is C63H39N5O. The third kappa shape index (κ3) is 5.57. The molecule has 5 aromatic heterocycles. The molecule has 0 aliphatic rings. The third-order valence-electron chi connectivity index (χ3n) is 14.2. The van der Waals surface area contributed by atoms with Gasteiger partial charge in [0, 0.05) is 60.5 Å². The van der Waals surface area contributed by atoms with Crippen LogP contribution in [-0.4, -0.2) is 23.1 Å². The minimum absolute atomic E-state index is 0.548. The fourth-order valence-electron chi connectivity index (χ4n) is 11.2. The van der Waals surface area contributed by atoms with E-state index in [-0.39, 0.29) is 0 Å². The summed E-state index contributed by atoms with van der Waals surface area (Å²) in [7, 11) is 0. The van der Waals surface area contributed by atoms with Crippen molar-refractivity contribution in [2.75, 3.05) is 0 Å². The van der Waals surface area contributed by atoms with Gasteiger partial charge >= 0.3 is 5.84 Å². The zero-order valence-electron chi connectivity index (χ0n) is 37.2. The molecule has 0 fully saturated rings. The van der Waals surface area contributed by atoms with Gasteiger partial charge < -0.3 is 18.1 Å². The minimum Gasteiger partial charge on any atom is -0.423 e. The summed E-state index contributed by atoms with van der Waals surface area (Å²) in [5.74, 6) is 0.548. The van der Waals surface area contributed by atoms with Crippen LogP contribution in [0.4, 0.5) is 0 Å². The maximum absolute atomic E-state index is 6.77. The van der Waals surface area contributed by atoms with Crippen molar-refractivity contribution < 1.29 is 4.42 Å². The number of fused-ring (bicyclic) bond motifs is 12. The Hall–Kier alpha value is -9.39. The van der Waals surface area contributed by atoms with Crippen LogP contribution >= 0.6 is 0 Å². The fraction of sp³-hybridized carbons (Fsp3) is 0. The van der Waals surface area contributed by atoms with Crippen molar-refractivity contribution in [2.24, 2.45) is 0 Å². The lowest BCUT2D eigenvalue weighted by molar-refractivity contribution is 0.642.